The molecule has 4 aromatic carbocycles. The van der Waals surface area contributed by atoms with Crippen LogP contribution in [0, 0.1) is 19.8 Å². The fourth-order valence-corrected chi connectivity index (χ4v) is 5.38. The number of ether oxygens (including phenoxy) is 2. The van der Waals surface area contributed by atoms with Gasteiger partial charge in [-0.1, -0.05) is 31.2 Å². The second-order valence-electron chi connectivity index (χ2n) is 10.6. The van der Waals surface area contributed by atoms with Crippen molar-refractivity contribution in [1.29, 1.82) is 0 Å². The summed E-state index contributed by atoms with van der Waals surface area (Å²) in [7, 11) is 0. The predicted molar refractivity (Wildman–Crippen MR) is 153 cm³/mol. The van der Waals surface area contributed by atoms with Crippen LogP contribution in [0.25, 0.3) is 0 Å². The Morgan fingerprint density at radius 3 is 1.35 bits per heavy atom. The lowest BCUT2D eigenvalue weighted by molar-refractivity contribution is 0.280. The molecule has 5 rings (SSSR count). The van der Waals surface area contributed by atoms with Crippen molar-refractivity contribution in [3.8, 4) is 23.0 Å². The van der Waals surface area contributed by atoms with Crippen LogP contribution in [0.2, 0.25) is 0 Å². The van der Waals surface area contributed by atoms with Crippen LogP contribution in [-0.4, -0.2) is 0 Å². The zero-order valence-corrected chi connectivity index (χ0v) is 22.0. The number of nitrogen functional groups attached to an aromatic ring is 2. The number of anilines is 2. The summed E-state index contributed by atoms with van der Waals surface area (Å²) in [5.74, 6) is 4.01. The normalized spacial score (nSPS) is 15.3. The van der Waals surface area contributed by atoms with E-state index >= 15 is 0 Å². The van der Waals surface area contributed by atoms with E-state index in [0.29, 0.717) is 0 Å². The SMILES string of the molecule is Cc1cc(Oc2ccc(C3(c4ccc(Oc5ccc(N)c(C)c5)cc4)CCC(C)CC3)cc2)ccc1N. The first-order valence-corrected chi connectivity index (χ1v) is 13.1. The molecule has 1 saturated carbocycles. The van der Waals surface area contributed by atoms with Crippen LogP contribution in [0.4, 0.5) is 11.4 Å². The van der Waals surface area contributed by atoms with Crippen molar-refractivity contribution in [3.05, 3.63) is 107 Å². The molecule has 0 unspecified atom stereocenters. The monoisotopic (exact) mass is 492 g/mol. The molecule has 4 aromatic rings. The fraction of sp³-hybridized carbons (Fsp3) is 0.273. The smallest absolute Gasteiger partial charge is 0.127 e. The maximum Gasteiger partial charge on any atom is 0.127 e. The van der Waals surface area contributed by atoms with Crippen LogP contribution in [0.1, 0.15) is 54.9 Å². The van der Waals surface area contributed by atoms with Crippen LogP contribution in [0.5, 0.6) is 23.0 Å². The average molecular weight is 493 g/mol. The Morgan fingerprint density at radius 2 is 0.973 bits per heavy atom. The van der Waals surface area contributed by atoms with Gasteiger partial charge in [0.15, 0.2) is 0 Å². The van der Waals surface area contributed by atoms with Crippen molar-refractivity contribution in [2.45, 2.75) is 51.9 Å². The van der Waals surface area contributed by atoms with Crippen molar-refractivity contribution in [2.75, 3.05) is 11.5 Å². The van der Waals surface area contributed by atoms with Crippen LogP contribution in [-0.2, 0) is 5.41 Å². The van der Waals surface area contributed by atoms with Crippen LogP contribution in [0.3, 0.4) is 0 Å². The molecule has 1 aliphatic carbocycles. The Kier molecular flexibility index (Phi) is 6.84. The average Bonchev–Trinajstić information content (AvgIpc) is 2.90. The summed E-state index contributed by atoms with van der Waals surface area (Å²) in [6.07, 6.45) is 4.68. The van der Waals surface area contributed by atoms with Crippen LogP contribution < -0.4 is 20.9 Å². The third-order valence-corrected chi connectivity index (χ3v) is 7.90. The number of aryl methyl sites for hydroxylation is 2. The summed E-state index contributed by atoms with van der Waals surface area (Å²) in [4.78, 5) is 0. The molecule has 0 spiro atoms. The van der Waals surface area contributed by atoms with Gasteiger partial charge in [-0.3, -0.25) is 0 Å². The first-order valence-electron chi connectivity index (χ1n) is 13.1. The molecular weight excluding hydrogens is 456 g/mol. The highest BCUT2D eigenvalue weighted by molar-refractivity contribution is 5.52. The molecule has 190 valence electrons. The Morgan fingerprint density at radius 1 is 0.595 bits per heavy atom. The standard InChI is InChI=1S/C33H36N2O2/c1-22-16-18-33(19-17-22,25-4-8-27(9-5-25)36-29-12-14-31(34)23(2)20-29)26-6-10-28(11-7-26)37-30-13-15-32(35)24(3)21-30/h4-15,20-22H,16-19,34-35H2,1-3H3. The van der Waals surface area contributed by atoms with Gasteiger partial charge in [0.1, 0.15) is 23.0 Å². The third-order valence-electron chi connectivity index (χ3n) is 7.90. The lowest BCUT2D eigenvalue weighted by Crippen LogP contribution is -2.32. The molecule has 0 aliphatic heterocycles. The van der Waals surface area contributed by atoms with Gasteiger partial charge in [0.2, 0.25) is 0 Å². The third kappa shape index (κ3) is 5.29. The number of rotatable bonds is 6. The molecule has 4 N–H and O–H groups in total. The first kappa shape index (κ1) is 24.8. The molecule has 0 heterocycles. The van der Waals surface area contributed by atoms with Crippen molar-refractivity contribution in [2.24, 2.45) is 5.92 Å². The fourth-order valence-electron chi connectivity index (χ4n) is 5.38. The van der Waals surface area contributed by atoms with E-state index in [1.165, 1.54) is 24.0 Å². The zero-order chi connectivity index (χ0) is 26.0. The minimum atomic E-state index is -0.0147. The largest absolute Gasteiger partial charge is 0.457 e. The maximum absolute atomic E-state index is 6.12. The van der Waals surface area contributed by atoms with Gasteiger partial charge in [0.25, 0.3) is 0 Å². The van der Waals surface area contributed by atoms with Gasteiger partial charge < -0.3 is 20.9 Å². The van der Waals surface area contributed by atoms with Crippen molar-refractivity contribution in [1.82, 2.24) is 0 Å². The molecule has 1 fully saturated rings. The molecule has 37 heavy (non-hydrogen) atoms. The minimum absolute atomic E-state index is 0.0147. The van der Waals surface area contributed by atoms with Crippen molar-refractivity contribution < 1.29 is 9.47 Å². The van der Waals surface area contributed by atoms with E-state index in [2.05, 4.69) is 55.5 Å². The lowest BCUT2D eigenvalue weighted by atomic mass is 9.63. The van der Waals surface area contributed by atoms with E-state index in [-0.39, 0.29) is 5.41 Å². The number of hydrogen-bond donors (Lipinski definition) is 2. The molecule has 0 bridgehead atoms. The summed E-state index contributed by atoms with van der Waals surface area (Å²) in [6.45, 7) is 6.35. The van der Waals surface area contributed by atoms with E-state index < -0.39 is 0 Å². The molecule has 0 saturated heterocycles. The van der Waals surface area contributed by atoms with Crippen LogP contribution >= 0.6 is 0 Å². The quantitative estimate of drug-likeness (QED) is 0.265. The molecule has 0 atom stereocenters. The number of nitrogens with two attached hydrogens (primary N) is 2. The van der Waals surface area contributed by atoms with E-state index in [0.717, 1.165) is 64.3 Å². The Bertz CT molecular complexity index is 1270. The van der Waals surface area contributed by atoms with Gasteiger partial charge in [0.05, 0.1) is 0 Å². The summed E-state index contributed by atoms with van der Waals surface area (Å²) < 4.78 is 12.2. The minimum Gasteiger partial charge on any atom is -0.457 e. The van der Waals surface area contributed by atoms with Gasteiger partial charge in [-0.2, -0.15) is 0 Å². The van der Waals surface area contributed by atoms with Gasteiger partial charge in [-0.05, 0) is 128 Å². The van der Waals surface area contributed by atoms with E-state index in [9.17, 15) is 0 Å². The van der Waals surface area contributed by atoms with E-state index in [1.54, 1.807) is 0 Å². The molecule has 0 aromatic heterocycles. The molecule has 1 aliphatic rings. The molecule has 4 heteroatoms. The number of benzene rings is 4. The Balaban J connectivity index is 1.39. The number of hydrogen-bond acceptors (Lipinski definition) is 4. The first-order chi connectivity index (χ1) is 17.8. The zero-order valence-electron chi connectivity index (χ0n) is 22.0. The topological polar surface area (TPSA) is 70.5 Å². The van der Waals surface area contributed by atoms with Crippen molar-refractivity contribution in [3.63, 3.8) is 0 Å². The molecular formula is C33H36N2O2. The summed E-state index contributed by atoms with van der Waals surface area (Å²) >= 11 is 0. The Hall–Kier alpha value is -3.92. The highest BCUT2D eigenvalue weighted by Crippen LogP contribution is 2.47. The van der Waals surface area contributed by atoms with E-state index in [4.69, 9.17) is 20.9 Å². The van der Waals surface area contributed by atoms with Gasteiger partial charge in [0, 0.05) is 16.8 Å². The summed E-state index contributed by atoms with van der Waals surface area (Å²) in [6, 6.07) is 28.8. The van der Waals surface area contributed by atoms with E-state index in [1.807, 2.05) is 50.2 Å². The maximum atomic E-state index is 6.12. The molecule has 4 nitrogen and oxygen atoms in total. The highest BCUT2D eigenvalue weighted by atomic mass is 16.5. The summed E-state index contributed by atoms with van der Waals surface area (Å²) in [5.41, 5.74) is 18.2. The van der Waals surface area contributed by atoms with Gasteiger partial charge >= 0.3 is 0 Å². The molecule has 0 radical (unpaired) electrons. The highest BCUT2D eigenvalue weighted by Gasteiger charge is 2.37. The summed E-state index contributed by atoms with van der Waals surface area (Å²) in [5, 5.41) is 0. The lowest BCUT2D eigenvalue weighted by Gasteiger charge is -2.41. The van der Waals surface area contributed by atoms with Crippen molar-refractivity contribution >= 4 is 11.4 Å². The Labute approximate surface area is 220 Å². The second-order valence-corrected chi connectivity index (χ2v) is 10.6. The van der Waals surface area contributed by atoms with Gasteiger partial charge in [-0.15, -0.1) is 0 Å². The van der Waals surface area contributed by atoms with Crippen LogP contribution in [0.15, 0.2) is 84.9 Å². The molecule has 0 amide bonds. The van der Waals surface area contributed by atoms with Gasteiger partial charge in [-0.25, -0.2) is 0 Å². The predicted octanol–water partition coefficient (Wildman–Crippen LogP) is 8.55. The second kappa shape index (κ2) is 10.2.